The van der Waals surface area contributed by atoms with Gasteiger partial charge in [-0.25, -0.2) is 9.78 Å². The number of imidazole rings is 1. The molecular formula is C19H19N3O2. The Morgan fingerprint density at radius 1 is 1.08 bits per heavy atom. The maximum atomic E-state index is 12.2. The number of nitrogens with zero attached hydrogens (tertiary/aromatic N) is 2. The lowest BCUT2D eigenvalue weighted by atomic mass is 10.1. The Labute approximate surface area is 140 Å². The molecule has 3 aromatic rings. The minimum atomic E-state index is -0.437. The van der Waals surface area contributed by atoms with Crippen LogP contribution in [-0.2, 0) is 17.8 Å². The summed E-state index contributed by atoms with van der Waals surface area (Å²) in [5.41, 5.74) is 1.97. The SMILES string of the molecule is O=C(NCc1ccccc1)OC(Cn1ccnc1)c1ccccc1. The first-order valence-corrected chi connectivity index (χ1v) is 7.80. The van der Waals surface area contributed by atoms with E-state index in [9.17, 15) is 4.79 Å². The summed E-state index contributed by atoms with van der Waals surface area (Å²) in [6.07, 6.45) is 4.45. The fraction of sp³-hybridized carbons (Fsp3) is 0.158. The van der Waals surface area contributed by atoms with Gasteiger partial charge in [-0.05, 0) is 11.1 Å². The van der Waals surface area contributed by atoms with Crippen molar-refractivity contribution in [1.82, 2.24) is 14.9 Å². The Hall–Kier alpha value is -3.08. The van der Waals surface area contributed by atoms with Gasteiger partial charge in [0.05, 0.1) is 12.9 Å². The van der Waals surface area contributed by atoms with Crippen LogP contribution in [0.25, 0.3) is 0 Å². The van der Waals surface area contributed by atoms with Crippen molar-refractivity contribution in [3.63, 3.8) is 0 Å². The van der Waals surface area contributed by atoms with Gasteiger partial charge in [-0.2, -0.15) is 0 Å². The highest BCUT2D eigenvalue weighted by Gasteiger charge is 2.17. The summed E-state index contributed by atoms with van der Waals surface area (Å²) in [6, 6.07) is 19.4. The van der Waals surface area contributed by atoms with E-state index in [1.54, 1.807) is 12.5 Å². The predicted molar refractivity (Wildman–Crippen MR) is 91.2 cm³/mol. The van der Waals surface area contributed by atoms with Crippen LogP contribution in [0.2, 0.25) is 0 Å². The van der Waals surface area contributed by atoms with Gasteiger partial charge in [0.25, 0.3) is 0 Å². The van der Waals surface area contributed by atoms with Gasteiger partial charge in [0.1, 0.15) is 6.10 Å². The van der Waals surface area contributed by atoms with Crippen molar-refractivity contribution in [1.29, 1.82) is 0 Å². The molecule has 122 valence electrons. The largest absolute Gasteiger partial charge is 0.439 e. The molecule has 2 aromatic carbocycles. The van der Waals surface area contributed by atoms with Gasteiger partial charge < -0.3 is 14.6 Å². The van der Waals surface area contributed by atoms with Crippen LogP contribution in [0.1, 0.15) is 17.2 Å². The van der Waals surface area contributed by atoms with Crippen molar-refractivity contribution in [2.45, 2.75) is 19.2 Å². The summed E-state index contributed by atoms with van der Waals surface area (Å²) >= 11 is 0. The molecule has 0 aliphatic carbocycles. The number of aromatic nitrogens is 2. The second-order valence-electron chi connectivity index (χ2n) is 5.40. The van der Waals surface area contributed by atoms with Crippen LogP contribution in [0.4, 0.5) is 4.79 Å². The summed E-state index contributed by atoms with van der Waals surface area (Å²) in [4.78, 5) is 16.2. The summed E-state index contributed by atoms with van der Waals surface area (Å²) < 4.78 is 7.52. The van der Waals surface area contributed by atoms with E-state index in [1.807, 2.05) is 71.4 Å². The second kappa shape index (κ2) is 7.97. The highest BCUT2D eigenvalue weighted by Crippen LogP contribution is 2.19. The highest BCUT2D eigenvalue weighted by atomic mass is 16.6. The molecule has 1 atom stereocenters. The molecule has 0 aliphatic heterocycles. The van der Waals surface area contributed by atoms with Crippen molar-refractivity contribution in [2.24, 2.45) is 0 Å². The second-order valence-corrected chi connectivity index (χ2v) is 5.40. The number of carbonyl (C=O) groups is 1. The Kier molecular flexibility index (Phi) is 5.24. The third-order valence-corrected chi connectivity index (χ3v) is 3.64. The molecule has 24 heavy (non-hydrogen) atoms. The van der Waals surface area contributed by atoms with Gasteiger partial charge in [-0.15, -0.1) is 0 Å². The summed E-state index contributed by atoms with van der Waals surface area (Å²) in [6.45, 7) is 0.953. The molecule has 5 heteroatoms. The number of nitrogens with one attached hydrogen (secondary N) is 1. The van der Waals surface area contributed by atoms with E-state index in [4.69, 9.17) is 4.74 Å². The van der Waals surface area contributed by atoms with Crippen LogP contribution in [0.3, 0.4) is 0 Å². The summed E-state index contributed by atoms with van der Waals surface area (Å²) in [7, 11) is 0. The molecule has 0 aliphatic rings. The zero-order valence-electron chi connectivity index (χ0n) is 13.2. The Balaban J connectivity index is 1.63. The zero-order chi connectivity index (χ0) is 16.6. The van der Waals surface area contributed by atoms with Crippen molar-refractivity contribution in [2.75, 3.05) is 0 Å². The molecule has 1 amide bonds. The lowest BCUT2D eigenvalue weighted by Crippen LogP contribution is -2.27. The van der Waals surface area contributed by atoms with Gasteiger partial charge in [0.15, 0.2) is 0 Å². The van der Waals surface area contributed by atoms with Crippen LogP contribution < -0.4 is 5.32 Å². The highest BCUT2D eigenvalue weighted by molar-refractivity contribution is 5.67. The Morgan fingerprint density at radius 3 is 2.46 bits per heavy atom. The number of hydrogen-bond donors (Lipinski definition) is 1. The first-order chi connectivity index (χ1) is 11.8. The Morgan fingerprint density at radius 2 is 1.79 bits per heavy atom. The summed E-state index contributed by atoms with van der Waals surface area (Å²) in [5.74, 6) is 0. The van der Waals surface area contributed by atoms with Crippen LogP contribution in [0.15, 0.2) is 79.4 Å². The van der Waals surface area contributed by atoms with Crippen LogP contribution in [0, 0.1) is 0 Å². The monoisotopic (exact) mass is 321 g/mol. The van der Waals surface area contributed by atoms with Crippen LogP contribution >= 0.6 is 0 Å². The number of carbonyl (C=O) groups excluding carboxylic acids is 1. The van der Waals surface area contributed by atoms with Crippen LogP contribution in [0.5, 0.6) is 0 Å². The van der Waals surface area contributed by atoms with Gasteiger partial charge in [0.2, 0.25) is 0 Å². The van der Waals surface area contributed by atoms with E-state index in [-0.39, 0.29) is 6.10 Å². The van der Waals surface area contributed by atoms with Gasteiger partial charge in [-0.1, -0.05) is 60.7 Å². The number of ether oxygens (including phenoxy) is 1. The smallest absolute Gasteiger partial charge is 0.408 e. The predicted octanol–water partition coefficient (Wildman–Crippen LogP) is 3.55. The number of hydrogen-bond acceptors (Lipinski definition) is 3. The first-order valence-electron chi connectivity index (χ1n) is 7.80. The van der Waals surface area contributed by atoms with E-state index in [0.29, 0.717) is 13.1 Å². The normalized spacial score (nSPS) is 11.7. The lowest BCUT2D eigenvalue weighted by Gasteiger charge is -2.19. The minimum absolute atomic E-state index is 0.379. The average molecular weight is 321 g/mol. The molecule has 0 fully saturated rings. The van der Waals surface area contributed by atoms with Gasteiger partial charge in [-0.3, -0.25) is 0 Å². The fourth-order valence-corrected chi connectivity index (χ4v) is 2.41. The average Bonchev–Trinajstić information content (AvgIpc) is 3.14. The number of benzene rings is 2. The molecule has 3 rings (SSSR count). The quantitative estimate of drug-likeness (QED) is 0.755. The van der Waals surface area contributed by atoms with E-state index in [1.165, 1.54) is 0 Å². The molecule has 0 radical (unpaired) electrons. The third kappa shape index (κ3) is 4.46. The maximum absolute atomic E-state index is 12.2. The molecule has 0 bridgehead atoms. The van der Waals surface area contributed by atoms with E-state index >= 15 is 0 Å². The van der Waals surface area contributed by atoms with E-state index in [0.717, 1.165) is 11.1 Å². The fourth-order valence-electron chi connectivity index (χ4n) is 2.41. The molecule has 1 heterocycles. The zero-order valence-corrected chi connectivity index (χ0v) is 13.2. The number of alkyl carbamates (subject to hydrolysis) is 1. The van der Waals surface area contributed by atoms with Gasteiger partial charge >= 0.3 is 6.09 Å². The van der Waals surface area contributed by atoms with Gasteiger partial charge in [0, 0.05) is 18.9 Å². The van der Waals surface area contributed by atoms with E-state index < -0.39 is 6.09 Å². The molecule has 0 saturated heterocycles. The minimum Gasteiger partial charge on any atom is -0.439 e. The Bertz CT molecular complexity index is 743. The molecule has 5 nitrogen and oxygen atoms in total. The first kappa shape index (κ1) is 15.8. The molecule has 0 spiro atoms. The van der Waals surface area contributed by atoms with Crippen molar-refractivity contribution in [3.8, 4) is 0 Å². The van der Waals surface area contributed by atoms with Crippen molar-refractivity contribution < 1.29 is 9.53 Å². The molecule has 1 N–H and O–H groups in total. The topological polar surface area (TPSA) is 56.1 Å². The molecule has 1 unspecified atom stereocenters. The van der Waals surface area contributed by atoms with Crippen molar-refractivity contribution in [3.05, 3.63) is 90.5 Å². The maximum Gasteiger partial charge on any atom is 0.408 e. The molecule has 1 aromatic heterocycles. The molecular weight excluding hydrogens is 302 g/mol. The number of amides is 1. The van der Waals surface area contributed by atoms with E-state index in [2.05, 4.69) is 10.3 Å². The third-order valence-electron chi connectivity index (χ3n) is 3.64. The van der Waals surface area contributed by atoms with Crippen LogP contribution in [-0.4, -0.2) is 15.6 Å². The van der Waals surface area contributed by atoms with Crippen molar-refractivity contribution >= 4 is 6.09 Å². The molecule has 0 saturated carbocycles. The summed E-state index contributed by atoms with van der Waals surface area (Å²) in [5, 5.41) is 2.79. The lowest BCUT2D eigenvalue weighted by molar-refractivity contribution is 0.0868. The number of rotatable bonds is 6. The standard InChI is InChI=1S/C19H19N3O2/c23-19(21-13-16-7-3-1-4-8-16)24-18(14-22-12-11-20-15-22)17-9-5-2-6-10-17/h1-12,15,18H,13-14H2,(H,21,23).